The summed E-state index contributed by atoms with van der Waals surface area (Å²) >= 11 is 0. The Morgan fingerprint density at radius 3 is 2.89 bits per heavy atom. The van der Waals surface area contributed by atoms with Crippen LogP contribution in [-0.4, -0.2) is 43.9 Å². The van der Waals surface area contributed by atoms with E-state index in [0.29, 0.717) is 6.54 Å². The summed E-state index contributed by atoms with van der Waals surface area (Å²) in [5, 5.41) is 5.72. The van der Waals surface area contributed by atoms with Crippen LogP contribution in [0.15, 0.2) is 24.3 Å². The van der Waals surface area contributed by atoms with Crippen LogP contribution >= 0.6 is 0 Å². The van der Waals surface area contributed by atoms with Crippen molar-refractivity contribution in [2.75, 3.05) is 32.5 Å². The van der Waals surface area contributed by atoms with Crippen molar-refractivity contribution < 1.29 is 9.59 Å². The molecule has 96 valence electrons. The highest BCUT2D eigenvalue weighted by Gasteiger charge is 2.30. The lowest BCUT2D eigenvalue weighted by atomic mass is 10.00. The van der Waals surface area contributed by atoms with Gasteiger partial charge >= 0.3 is 0 Å². The highest BCUT2D eigenvalue weighted by molar-refractivity contribution is 5.91. The molecule has 0 aliphatic carbocycles. The largest absolute Gasteiger partial charge is 0.384 e. The van der Waals surface area contributed by atoms with Crippen LogP contribution in [0, 0.1) is 0 Å². The third-order valence-electron chi connectivity index (χ3n) is 3.17. The van der Waals surface area contributed by atoms with Gasteiger partial charge in [0.15, 0.2) is 0 Å². The van der Waals surface area contributed by atoms with Crippen LogP contribution in [-0.2, 0) is 9.59 Å². The topological polar surface area (TPSA) is 61.4 Å². The number of fused-ring (bicyclic) bond motifs is 1. The summed E-state index contributed by atoms with van der Waals surface area (Å²) in [6, 6.07) is 7.77. The molecule has 2 rings (SSSR count). The molecule has 5 heteroatoms. The van der Waals surface area contributed by atoms with Gasteiger partial charge in [-0.25, -0.2) is 0 Å². The van der Waals surface area contributed by atoms with Crippen molar-refractivity contribution in [3.05, 3.63) is 29.8 Å². The Hall–Kier alpha value is -2.04. The number of benzene rings is 1. The molecule has 0 bridgehead atoms. The SMILES string of the molecule is CNC(=O)CN(C)C(=O)C1CNc2ccccc21. The number of carbonyl (C=O) groups excluding carboxylic acids is 2. The number of likely N-dealkylation sites (N-methyl/N-ethyl adjacent to an activating group) is 2. The van der Waals surface area contributed by atoms with Gasteiger partial charge in [0.25, 0.3) is 0 Å². The summed E-state index contributed by atoms with van der Waals surface area (Å²) in [6.07, 6.45) is 0. The first-order chi connectivity index (χ1) is 8.63. The van der Waals surface area contributed by atoms with Gasteiger partial charge in [0.2, 0.25) is 11.8 Å². The van der Waals surface area contributed by atoms with Gasteiger partial charge in [-0.05, 0) is 11.6 Å². The molecular weight excluding hydrogens is 230 g/mol. The highest BCUT2D eigenvalue weighted by atomic mass is 16.2. The van der Waals surface area contributed by atoms with Crippen LogP contribution in [0.1, 0.15) is 11.5 Å². The predicted molar refractivity (Wildman–Crippen MR) is 69.4 cm³/mol. The zero-order valence-corrected chi connectivity index (χ0v) is 10.6. The number of anilines is 1. The van der Waals surface area contributed by atoms with Gasteiger partial charge in [-0.3, -0.25) is 9.59 Å². The maximum Gasteiger partial charge on any atom is 0.239 e. The lowest BCUT2D eigenvalue weighted by Gasteiger charge is -2.20. The van der Waals surface area contributed by atoms with Crippen LogP contribution in [0.5, 0.6) is 0 Å². The Morgan fingerprint density at radius 1 is 1.44 bits per heavy atom. The molecule has 0 radical (unpaired) electrons. The van der Waals surface area contributed by atoms with Crippen LogP contribution in [0.4, 0.5) is 5.69 Å². The molecule has 1 aromatic carbocycles. The van der Waals surface area contributed by atoms with E-state index in [4.69, 9.17) is 0 Å². The first-order valence-electron chi connectivity index (χ1n) is 5.92. The van der Waals surface area contributed by atoms with E-state index in [-0.39, 0.29) is 24.3 Å². The maximum atomic E-state index is 12.3. The lowest BCUT2D eigenvalue weighted by molar-refractivity contribution is -0.135. The fourth-order valence-corrected chi connectivity index (χ4v) is 2.14. The van der Waals surface area contributed by atoms with Crippen molar-refractivity contribution >= 4 is 17.5 Å². The highest BCUT2D eigenvalue weighted by Crippen LogP contribution is 2.31. The molecule has 0 aromatic heterocycles. The molecule has 2 amide bonds. The summed E-state index contributed by atoms with van der Waals surface area (Å²) < 4.78 is 0. The predicted octanol–water partition coefficient (Wildman–Crippen LogP) is 0.400. The van der Waals surface area contributed by atoms with Gasteiger partial charge in [0, 0.05) is 26.3 Å². The van der Waals surface area contributed by atoms with Crippen molar-refractivity contribution in [2.24, 2.45) is 0 Å². The minimum atomic E-state index is -0.198. The second-order valence-electron chi connectivity index (χ2n) is 4.39. The molecule has 1 aliphatic rings. The Balaban J connectivity index is 2.09. The van der Waals surface area contributed by atoms with Gasteiger partial charge in [-0.15, -0.1) is 0 Å². The molecule has 0 fully saturated rings. The Bertz CT molecular complexity index is 473. The van der Waals surface area contributed by atoms with E-state index in [2.05, 4.69) is 10.6 Å². The van der Waals surface area contributed by atoms with E-state index in [1.165, 1.54) is 4.90 Å². The quantitative estimate of drug-likeness (QED) is 0.812. The normalized spacial score (nSPS) is 16.7. The molecule has 5 nitrogen and oxygen atoms in total. The van der Waals surface area contributed by atoms with Gasteiger partial charge in [-0.2, -0.15) is 0 Å². The zero-order chi connectivity index (χ0) is 13.1. The average Bonchev–Trinajstić information content (AvgIpc) is 2.81. The molecule has 1 unspecified atom stereocenters. The van der Waals surface area contributed by atoms with Crippen LogP contribution in [0.25, 0.3) is 0 Å². The average molecular weight is 247 g/mol. The van der Waals surface area contributed by atoms with E-state index < -0.39 is 0 Å². The maximum absolute atomic E-state index is 12.3. The summed E-state index contributed by atoms with van der Waals surface area (Å²) in [7, 11) is 3.21. The molecule has 0 spiro atoms. The van der Waals surface area contributed by atoms with Gasteiger partial charge in [-0.1, -0.05) is 18.2 Å². The third kappa shape index (κ3) is 2.30. The summed E-state index contributed by atoms with van der Waals surface area (Å²) in [6.45, 7) is 0.685. The zero-order valence-electron chi connectivity index (χ0n) is 10.6. The van der Waals surface area contributed by atoms with Crippen LogP contribution in [0.3, 0.4) is 0 Å². The summed E-state index contributed by atoms with van der Waals surface area (Å²) in [5.74, 6) is -0.392. The molecule has 1 heterocycles. The monoisotopic (exact) mass is 247 g/mol. The number of para-hydroxylation sites is 1. The summed E-state index contributed by atoms with van der Waals surface area (Å²) in [4.78, 5) is 25.0. The third-order valence-corrected chi connectivity index (χ3v) is 3.17. The van der Waals surface area contributed by atoms with Gasteiger partial charge in [0.1, 0.15) is 0 Å². The number of hydrogen-bond acceptors (Lipinski definition) is 3. The van der Waals surface area contributed by atoms with Crippen LogP contribution in [0.2, 0.25) is 0 Å². The van der Waals surface area contributed by atoms with Crippen molar-refractivity contribution in [2.45, 2.75) is 5.92 Å². The van der Waals surface area contributed by atoms with E-state index in [0.717, 1.165) is 11.3 Å². The minimum absolute atomic E-state index is 0.0314. The van der Waals surface area contributed by atoms with E-state index in [1.807, 2.05) is 24.3 Å². The molecule has 0 saturated carbocycles. The fraction of sp³-hybridized carbons (Fsp3) is 0.385. The van der Waals surface area contributed by atoms with E-state index in [1.54, 1.807) is 14.1 Å². The fourth-order valence-electron chi connectivity index (χ4n) is 2.14. The molecule has 18 heavy (non-hydrogen) atoms. The van der Waals surface area contributed by atoms with Crippen molar-refractivity contribution in [3.8, 4) is 0 Å². The molecule has 0 saturated heterocycles. The standard InChI is InChI=1S/C13H17N3O2/c1-14-12(17)8-16(2)13(18)10-7-15-11-6-4-3-5-9(10)11/h3-6,10,15H,7-8H2,1-2H3,(H,14,17). The molecule has 1 aliphatic heterocycles. The Morgan fingerprint density at radius 2 is 2.17 bits per heavy atom. The smallest absolute Gasteiger partial charge is 0.239 e. The van der Waals surface area contributed by atoms with Crippen molar-refractivity contribution in [1.29, 1.82) is 0 Å². The van der Waals surface area contributed by atoms with Crippen LogP contribution < -0.4 is 10.6 Å². The number of hydrogen-bond donors (Lipinski definition) is 2. The second-order valence-corrected chi connectivity index (χ2v) is 4.39. The minimum Gasteiger partial charge on any atom is -0.384 e. The number of carbonyl (C=O) groups is 2. The first kappa shape index (κ1) is 12.4. The molecule has 2 N–H and O–H groups in total. The lowest BCUT2D eigenvalue weighted by Crippen LogP contribution is -2.39. The van der Waals surface area contributed by atoms with Crippen molar-refractivity contribution in [1.82, 2.24) is 10.2 Å². The van der Waals surface area contributed by atoms with Crippen molar-refractivity contribution in [3.63, 3.8) is 0 Å². The first-order valence-corrected chi connectivity index (χ1v) is 5.92. The van der Waals surface area contributed by atoms with E-state index >= 15 is 0 Å². The number of amides is 2. The molecule has 1 aromatic rings. The second kappa shape index (κ2) is 5.08. The van der Waals surface area contributed by atoms with Gasteiger partial charge < -0.3 is 15.5 Å². The molecular formula is C13H17N3O2. The Labute approximate surface area is 106 Å². The van der Waals surface area contributed by atoms with Gasteiger partial charge in [0.05, 0.1) is 12.5 Å². The number of nitrogens with one attached hydrogen (secondary N) is 2. The summed E-state index contributed by atoms with van der Waals surface area (Å²) in [5.41, 5.74) is 2.01. The van der Waals surface area contributed by atoms with E-state index in [9.17, 15) is 9.59 Å². The Kier molecular flexibility index (Phi) is 3.50. The molecule has 1 atom stereocenters. The number of nitrogens with zero attached hydrogens (tertiary/aromatic N) is 1. The number of rotatable bonds is 3.